The summed E-state index contributed by atoms with van der Waals surface area (Å²) in [6.45, 7) is 0.559. The Kier molecular flexibility index (Phi) is 6.60. The molecular weight excluding hydrogens is 568 g/mol. The van der Waals surface area contributed by atoms with Crippen molar-refractivity contribution in [2.24, 2.45) is 0 Å². The number of nitrogens with one attached hydrogen (secondary N) is 1. The quantitative estimate of drug-likeness (QED) is 0.358. The molecule has 0 unspecified atom stereocenters. The van der Waals surface area contributed by atoms with Crippen LogP contribution in [0.5, 0.6) is 0 Å². The number of alkyl halides is 6. The maximum Gasteiger partial charge on any atom is 0.511 e. The first kappa shape index (κ1) is 27.6. The molecule has 10 nitrogen and oxygen atoms in total. The number of aromatic nitrogens is 5. The lowest BCUT2D eigenvalue weighted by Crippen LogP contribution is -2.44. The maximum atomic E-state index is 13.6. The van der Waals surface area contributed by atoms with Gasteiger partial charge in [-0.15, -0.1) is 0 Å². The zero-order valence-corrected chi connectivity index (χ0v) is 21.3. The van der Waals surface area contributed by atoms with Crippen molar-refractivity contribution in [1.82, 2.24) is 33.8 Å². The number of carbonyl (C=O) groups is 1. The SMILES string of the molecule is Cc1cnc2nc(C(F)(F)F)c(C(=O)NCc3ccc(-c4cc5n(n4)CCN(S(=O)(=O)C(F)(F)F)C5)cc3)n2c1. The van der Waals surface area contributed by atoms with E-state index in [4.69, 9.17) is 0 Å². The summed E-state index contributed by atoms with van der Waals surface area (Å²) in [6.07, 6.45) is -2.22. The van der Waals surface area contributed by atoms with E-state index < -0.39 is 45.5 Å². The Morgan fingerprint density at radius 3 is 2.42 bits per heavy atom. The molecule has 0 saturated heterocycles. The summed E-state index contributed by atoms with van der Waals surface area (Å²) in [5.74, 6) is -1.27. The fourth-order valence-corrected chi connectivity index (χ4v) is 5.16. The summed E-state index contributed by atoms with van der Waals surface area (Å²) in [5, 5.41) is 6.78. The van der Waals surface area contributed by atoms with Crippen LogP contribution in [0.25, 0.3) is 17.0 Å². The molecule has 1 aliphatic rings. The van der Waals surface area contributed by atoms with Crippen LogP contribution < -0.4 is 5.32 Å². The zero-order chi connectivity index (χ0) is 29.0. The predicted octanol–water partition coefficient (Wildman–Crippen LogP) is 3.52. The molecule has 0 bridgehead atoms. The Labute approximate surface area is 222 Å². The van der Waals surface area contributed by atoms with Crippen LogP contribution in [0.15, 0.2) is 42.7 Å². The normalized spacial score (nSPS) is 14.9. The molecule has 17 heteroatoms. The van der Waals surface area contributed by atoms with Gasteiger partial charge in [-0.25, -0.2) is 18.4 Å². The second-order valence-corrected chi connectivity index (χ2v) is 10.9. The molecule has 0 radical (unpaired) electrons. The number of imidazole rings is 1. The van der Waals surface area contributed by atoms with Gasteiger partial charge in [0.15, 0.2) is 5.69 Å². The highest BCUT2D eigenvalue weighted by molar-refractivity contribution is 7.89. The summed E-state index contributed by atoms with van der Waals surface area (Å²) in [6, 6.07) is 7.90. The summed E-state index contributed by atoms with van der Waals surface area (Å²) in [4.78, 5) is 20.1. The van der Waals surface area contributed by atoms with E-state index in [1.54, 1.807) is 31.2 Å². The number of fused-ring (bicyclic) bond motifs is 2. The van der Waals surface area contributed by atoms with Gasteiger partial charge in [-0.05, 0) is 24.1 Å². The molecule has 0 spiro atoms. The molecule has 5 rings (SSSR count). The van der Waals surface area contributed by atoms with Gasteiger partial charge in [-0.2, -0.15) is 35.7 Å². The van der Waals surface area contributed by atoms with E-state index in [0.29, 0.717) is 26.7 Å². The molecule has 0 aliphatic carbocycles. The zero-order valence-electron chi connectivity index (χ0n) is 20.5. The molecule has 212 valence electrons. The maximum absolute atomic E-state index is 13.6. The number of carbonyl (C=O) groups excluding carboxylic acids is 1. The second-order valence-electron chi connectivity index (χ2n) is 9.02. The third-order valence-electron chi connectivity index (χ3n) is 6.19. The first-order chi connectivity index (χ1) is 18.6. The van der Waals surface area contributed by atoms with Crippen molar-refractivity contribution in [1.29, 1.82) is 0 Å². The molecule has 1 amide bonds. The first-order valence-electron chi connectivity index (χ1n) is 11.6. The van der Waals surface area contributed by atoms with Crippen LogP contribution in [0.3, 0.4) is 0 Å². The fourth-order valence-electron chi connectivity index (χ4n) is 4.24. The highest BCUT2D eigenvalue weighted by Crippen LogP contribution is 2.32. The number of benzene rings is 1. The van der Waals surface area contributed by atoms with Crippen molar-refractivity contribution in [3.8, 4) is 11.3 Å². The number of nitrogens with zero attached hydrogens (tertiary/aromatic N) is 6. The number of rotatable bonds is 5. The Balaban J connectivity index is 1.30. The van der Waals surface area contributed by atoms with Crippen molar-refractivity contribution < 1.29 is 39.6 Å². The summed E-state index contributed by atoms with van der Waals surface area (Å²) >= 11 is 0. The number of aryl methyl sites for hydroxylation is 1. The fraction of sp³-hybridized carbons (Fsp3) is 0.304. The molecule has 0 fully saturated rings. The van der Waals surface area contributed by atoms with Crippen molar-refractivity contribution in [2.45, 2.75) is 38.2 Å². The molecule has 4 heterocycles. The Bertz CT molecular complexity index is 1710. The van der Waals surface area contributed by atoms with E-state index in [1.807, 2.05) is 0 Å². The van der Waals surface area contributed by atoms with Gasteiger partial charge >= 0.3 is 21.7 Å². The van der Waals surface area contributed by atoms with Crippen molar-refractivity contribution in [3.05, 3.63) is 70.9 Å². The Morgan fingerprint density at radius 1 is 1.07 bits per heavy atom. The van der Waals surface area contributed by atoms with Gasteiger partial charge in [0.2, 0.25) is 5.78 Å². The van der Waals surface area contributed by atoms with Gasteiger partial charge in [0.05, 0.1) is 24.5 Å². The van der Waals surface area contributed by atoms with Crippen molar-refractivity contribution in [2.75, 3.05) is 6.54 Å². The van der Waals surface area contributed by atoms with Crippen LogP contribution in [-0.4, -0.2) is 54.8 Å². The lowest BCUT2D eigenvalue weighted by Gasteiger charge is -2.27. The topological polar surface area (TPSA) is 114 Å². The molecule has 3 aromatic heterocycles. The minimum absolute atomic E-state index is 0.0625. The Hall–Kier alpha value is -3.99. The van der Waals surface area contributed by atoms with E-state index in [2.05, 4.69) is 20.4 Å². The second kappa shape index (κ2) is 9.58. The smallest absolute Gasteiger partial charge is 0.347 e. The van der Waals surface area contributed by atoms with Gasteiger partial charge in [0.25, 0.3) is 5.91 Å². The lowest BCUT2D eigenvalue weighted by atomic mass is 10.1. The number of amides is 1. The predicted molar refractivity (Wildman–Crippen MR) is 127 cm³/mol. The van der Waals surface area contributed by atoms with Crippen LogP contribution in [-0.2, 0) is 35.8 Å². The lowest BCUT2D eigenvalue weighted by molar-refractivity contribution is -0.141. The van der Waals surface area contributed by atoms with E-state index >= 15 is 0 Å². The number of hydrogen-bond acceptors (Lipinski definition) is 6. The van der Waals surface area contributed by atoms with Crippen LogP contribution in [0, 0.1) is 6.92 Å². The summed E-state index contributed by atoms with van der Waals surface area (Å²) in [5.41, 5.74) is -5.16. The average molecular weight is 588 g/mol. The van der Waals surface area contributed by atoms with Gasteiger partial charge in [-0.3, -0.25) is 13.9 Å². The van der Waals surface area contributed by atoms with Crippen LogP contribution in [0.2, 0.25) is 0 Å². The highest BCUT2D eigenvalue weighted by atomic mass is 32.2. The third kappa shape index (κ3) is 5.01. The van der Waals surface area contributed by atoms with Crippen LogP contribution >= 0.6 is 0 Å². The Morgan fingerprint density at radius 2 is 1.77 bits per heavy atom. The van der Waals surface area contributed by atoms with E-state index in [-0.39, 0.29) is 31.1 Å². The van der Waals surface area contributed by atoms with Crippen LogP contribution in [0.4, 0.5) is 26.3 Å². The molecule has 0 atom stereocenters. The van der Waals surface area contributed by atoms with Gasteiger partial charge in [0.1, 0.15) is 5.69 Å². The molecule has 40 heavy (non-hydrogen) atoms. The first-order valence-corrected chi connectivity index (χ1v) is 13.0. The van der Waals surface area contributed by atoms with Crippen molar-refractivity contribution >= 4 is 21.7 Å². The minimum atomic E-state index is -5.47. The molecule has 4 aromatic rings. The number of hydrogen-bond donors (Lipinski definition) is 1. The molecular formula is C23H19F6N7O3S. The minimum Gasteiger partial charge on any atom is -0.347 e. The number of sulfonamides is 1. The monoisotopic (exact) mass is 587 g/mol. The summed E-state index contributed by atoms with van der Waals surface area (Å²) < 4.78 is 106. The molecule has 1 aliphatic heterocycles. The van der Waals surface area contributed by atoms with Gasteiger partial charge in [-0.1, -0.05) is 24.3 Å². The highest BCUT2D eigenvalue weighted by Gasteiger charge is 2.50. The summed E-state index contributed by atoms with van der Waals surface area (Å²) in [7, 11) is -5.47. The molecule has 1 N–H and O–H groups in total. The van der Waals surface area contributed by atoms with Crippen LogP contribution in [0.1, 0.15) is 33.0 Å². The molecule has 0 saturated carbocycles. The van der Waals surface area contributed by atoms with Crippen molar-refractivity contribution in [3.63, 3.8) is 0 Å². The average Bonchev–Trinajstić information content (AvgIpc) is 3.48. The molecule has 1 aromatic carbocycles. The van der Waals surface area contributed by atoms with E-state index in [1.165, 1.54) is 23.1 Å². The standard InChI is InChI=1S/C23H19F6N7O3S/c1-13-9-31-21-32-19(22(24,25)26)18(35(21)11-13)20(37)30-10-14-2-4-15(5-3-14)17-8-16-12-34(6-7-36(16)33-17)40(38,39)23(27,28)29/h2-5,8-9,11H,6-7,10,12H2,1H3,(H,30,37). The van der Waals surface area contributed by atoms with Gasteiger partial charge in [0, 0.05) is 31.0 Å². The number of halogens is 6. The van der Waals surface area contributed by atoms with E-state index in [9.17, 15) is 39.6 Å². The van der Waals surface area contributed by atoms with E-state index in [0.717, 1.165) is 4.40 Å². The third-order valence-corrected chi connectivity index (χ3v) is 7.77. The largest absolute Gasteiger partial charge is 0.511 e. The van der Waals surface area contributed by atoms with Gasteiger partial charge < -0.3 is 5.32 Å².